The van der Waals surface area contributed by atoms with E-state index in [0.29, 0.717) is 17.0 Å². The van der Waals surface area contributed by atoms with Gasteiger partial charge in [0.15, 0.2) is 6.17 Å². The summed E-state index contributed by atoms with van der Waals surface area (Å²) in [5, 5.41) is 11.8. The minimum Gasteiger partial charge on any atom is -0.480 e. The number of para-hydroxylation sites is 1. The number of fused-ring (bicyclic) bond motifs is 1. The van der Waals surface area contributed by atoms with Crippen LogP contribution in [0, 0.1) is 0 Å². The number of nitrogens with zero attached hydrogens (tertiary/aromatic N) is 3. The van der Waals surface area contributed by atoms with Gasteiger partial charge in [0.2, 0.25) is 11.0 Å². The Morgan fingerprint density at radius 2 is 1.63 bits per heavy atom. The Hall–Kier alpha value is -4.32. The Morgan fingerprint density at radius 3 is 2.27 bits per heavy atom. The number of benzene rings is 3. The van der Waals surface area contributed by atoms with E-state index in [1.165, 1.54) is 9.80 Å². The lowest BCUT2D eigenvalue weighted by molar-refractivity contribution is -0.141. The molecule has 3 aromatic carbocycles. The standard InChI is InChI=1S/C30H31N5O5S/c1-34(17-22(31)30(40)41)27-28(37)35(18-25(36)32-23(29(38)39)16-19-10-4-2-5-11-19)24-15-9-8-14-21(24)26(33-27)20-12-6-3-7-13-20/h2-15,22-23,27H,16-18,31H2,1H3,(H,32,36)(H,38,39)(H,40,41)/t22?,23-,27?/m0/s1. The summed E-state index contributed by atoms with van der Waals surface area (Å²) in [6.45, 7) is -0.466. The van der Waals surface area contributed by atoms with Crippen LogP contribution >= 0.6 is 12.6 Å². The van der Waals surface area contributed by atoms with Crippen molar-refractivity contribution in [3.63, 3.8) is 0 Å². The first-order valence-corrected chi connectivity index (χ1v) is 13.4. The molecule has 0 saturated carbocycles. The quantitative estimate of drug-likeness (QED) is 0.256. The second-order valence-corrected chi connectivity index (χ2v) is 10.1. The van der Waals surface area contributed by atoms with Gasteiger partial charge in [0.1, 0.15) is 12.6 Å². The van der Waals surface area contributed by atoms with Crippen LogP contribution in [0.1, 0.15) is 16.7 Å². The first kappa shape index (κ1) is 29.7. The molecule has 3 aromatic rings. The fourth-order valence-corrected chi connectivity index (χ4v) is 4.69. The molecule has 1 heterocycles. The van der Waals surface area contributed by atoms with Gasteiger partial charge in [-0.3, -0.25) is 29.2 Å². The highest BCUT2D eigenvalue weighted by atomic mass is 32.1. The van der Waals surface area contributed by atoms with Crippen LogP contribution in [0.5, 0.6) is 0 Å². The molecule has 41 heavy (non-hydrogen) atoms. The summed E-state index contributed by atoms with van der Waals surface area (Å²) in [6.07, 6.45) is -1.06. The van der Waals surface area contributed by atoms with Crippen molar-refractivity contribution < 1.29 is 24.3 Å². The molecule has 4 N–H and O–H groups in total. The number of hydrogen-bond donors (Lipinski definition) is 4. The SMILES string of the molecule is CN(CC(N)C(=O)S)C1N=C(c2ccccc2)c2ccccc2N(CC(=O)N[C@@H](Cc2ccccc2)C(=O)O)C1=O. The molecule has 1 aliphatic heterocycles. The van der Waals surface area contributed by atoms with Crippen molar-refractivity contribution in [2.24, 2.45) is 10.7 Å². The molecule has 3 atom stereocenters. The summed E-state index contributed by atoms with van der Waals surface area (Å²) >= 11 is 3.81. The van der Waals surface area contributed by atoms with E-state index in [0.717, 1.165) is 11.1 Å². The normalized spacial score (nSPS) is 16.3. The number of likely N-dealkylation sites (N-methyl/N-ethyl adjacent to an activating group) is 1. The zero-order valence-corrected chi connectivity index (χ0v) is 23.3. The minimum atomic E-state index is -1.20. The smallest absolute Gasteiger partial charge is 0.326 e. The molecule has 10 nitrogen and oxygen atoms in total. The van der Waals surface area contributed by atoms with Crippen molar-refractivity contribution in [1.82, 2.24) is 10.2 Å². The second kappa shape index (κ2) is 13.4. The maximum atomic E-state index is 14.1. The summed E-state index contributed by atoms with van der Waals surface area (Å²) in [4.78, 5) is 58.7. The highest BCUT2D eigenvalue weighted by molar-refractivity contribution is 7.96. The molecule has 4 rings (SSSR count). The summed E-state index contributed by atoms with van der Waals surface area (Å²) in [5.74, 6) is -2.37. The van der Waals surface area contributed by atoms with Crippen molar-refractivity contribution in [2.45, 2.75) is 24.7 Å². The first-order valence-electron chi connectivity index (χ1n) is 12.9. The number of anilines is 1. The topological polar surface area (TPSA) is 145 Å². The van der Waals surface area contributed by atoms with Crippen LogP contribution in [0.25, 0.3) is 0 Å². The fourth-order valence-electron chi connectivity index (χ4n) is 4.61. The maximum absolute atomic E-state index is 14.1. The van der Waals surface area contributed by atoms with Gasteiger partial charge in [-0.05, 0) is 18.7 Å². The zero-order chi connectivity index (χ0) is 29.5. The van der Waals surface area contributed by atoms with Gasteiger partial charge in [0, 0.05) is 24.1 Å². The molecular weight excluding hydrogens is 542 g/mol. The Kier molecular flexibility index (Phi) is 9.66. The van der Waals surface area contributed by atoms with E-state index in [9.17, 15) is 24.3 Å². The number of nitrogens with two attached hydrogens (primary N) is 1. The molecule has 0 aromatic heterocycles. The zero-order valence-electron chi connectivity index (χ0n) is 22.4. The van der Waals surface area contributed by atoms with Gasteiger partial charge in [0.25, 0.3) is 5.91 Å². The minimum absolute atomic E-state index is 0.0150. The van der Waals surface area contributed by atoms with Gasteiger partial charge >= 0.3 is 5.97 Å². The Morgan fingerprint density at radius 1 is 1.02 bits per heavy atom. The van der Waals surface area contributed by atoms with Crippen LogP contribution in [-0.2, 0) is 25.6 Å². The molecule has 212 valence electrons. The van der Waals surface area contributed by atoms with E-state index in [-0.39, 0.29) is 13.0 Å². The lowest BCUT2D eigenvalue weighted by Gasteiger charge is -2.30. The predicted molar refractivity (Wildman–Crippen MR) is 159 cm³/mol. The molecule has 0 spiro atoms. The summed E-state index contributed by atoms with van der Waals surface area (Å²) in [7, 11) is 1.61. The number of amides is 2. The molecule has 1 aliphatic rings. The van der Waals surface area contributed by atoms with Gasteiger partial charge < -0.3 is 16.2 Å². The number of carboxylic acids is 1. The van der Waals surface area contributed by atoms with Crippen molar-refractivity contribution >= 4 is 46.9 Å². The van der Waals surface area contributed by atoms with Gasteiger partial charge in [-0.2, -0.15) is 0 Å². The molecule has 0 fully saturated rings. The number of rotatable bonds is 11. The fraction of sp³-hybridized carbons (Fsp3) is 0.233. The molecular formula is C30H31N5O5S. The number of carbonyl (C=O) groups excluding carboxylic acids is 3. The van der Waals surface area contributed by atoms with Gasteiger partial charge in [-0.1, -0.05) is 78.9 Å². The van der Waals surface area contributed by atoms with E-state index < -0.39 is 47.7 Å². The molecule has 2 unspecified atom stereocenters. The number of nitrogens with one attached hydrogen (secondary N) is 1. The molecule has 11 heteroatoms. The third-order valence-corrected chi connectivity index (χ3v) is 7.00. The highest BCUT2D eigenvalue weighted by Gasteiger charge is 2.36. The van der Waals surface area contributed by atoms with E-state index >= 15 is 0 Å². The largest absolute Gasteiger partial charge is 0.480 e. The third-order valence-electron chi connectivity index (χ3n) is 6.67. The first-order chi connectivity index (χ1) is 19.7. The number of thiol groups is 1. The van der Waals surface area contributed by atoms with E-state index in [1.807, 2.05) is 36.4 Å². The number of carboxylic acid groups (broad SMARTS) is 1. The van der Waals surface area contributed by atoms with Gasteiger partial charge in [-0.25, -0.2) is 4.79 Å². The van der Waals surface area contributed by atoms with Crippen molar-refractivity contribution in [2.75, 3.05) is 25.0 Å². The molecule has 0 saturated heterocycles. The van der Waals surface area contributed by atoms with Crippen molar-refractivity contribution in [1.29, 1.82) is 0 Å². The van der Waals surface area contributed by atoms with Crippen LogP contribution in [0.4, 0.5) is 5.69 Å². The molecule has 0 aliphatic carbocycles. The van der Waals surface area contributed by atoms with E-state index in [1.54, 1.807) is 55.6 Å². The van der Waals surface area contributed by atoms with Crippen LogP contribution < -0.4 is 16.0 Å². The van der Waals surface area contributed by atoms with Gasteiger partial charge in [-0.15, -0.1) is 12.6 Å². The predicted octanol–water partition coefficient (Wildman–Crippen LogP) is 1.72. The van der Waals surface area contributed by atoms with Crippen molar-refractivity contribution in [3.8, 4) is 0 Å². The number of aliphatic imine (C=N–C) groups is 1. The average molecular weight is 574 g/mol. The van der Waals surface area contributed by atoms with E-state index in [4.69, 9.17) is 10.7 Å². The monoisotopic (exact) mass is 573 g/mol. The lowest BCUT2D eigenvalue weighted by Crippen LogP contribution is -2.53. The number of aliphatic carboxylic acids is 1. The Labute approximate surface area is 243 Å². The third kappa shape index (κ3) is 7.26. The van der Waals surface area contributed by atoms with Crippen LogP contribution in [0.2, 0.25) is 0 Å². The Balaban J connectivity index is 1.69. The molecule has 0 bridgehead atoms. The number of benzodiazepines with no additional fused rings is 1. The van der Waals surface area contributed by atoms with Crippen LogP contribution in [0.15, 0.2) is 89.9 Å². The second-order valence-electron chi connectivity index (χ2n) is 9.69. The average Bonchev–Trinajstić information content (AvgIpc) is 3.08. The lowest BCUT2D eigenvalue weighted by atomic mass is 10.0. The Bertz CT molecular complexity index is 1450. The highest BCUT2D eigenvalue weighted by Crippen LogP contribution is 2.29. The van der Waals surface area contributed by atoms with Crippen LogP contribution in [0.3, 0.4) is 0 Å². The molecule has 2 amide bonds. The number of hydrogen-bond acceptors (Lipinski definition) is 7. The summed E-state index contributed by atoms with van der Waals surface area (Å²) < 4.78 is 0. The summed E-state index contributed by atoms with van der Waals surface area (Å²) in [6, 6.07) is 23.1. The van der Waals surface area contributed by atoms with Gasteiger partial charge in [0.05, 0.1) is 17.4 Å². The summed E-state index contributed by atoms with van der Waals surface area (Å²) in [5.41, 5.74) is 9.01. The maximum Gasteiger partial charge on any atom is 0.326 e. The van der Waals surface area contributed by atoms with Crippen LogP contribution in [-0.4, -0.2) is 77.0 Å². The van der Waals surface area contributed by atoms with Crippen molar-refractivity contribution in [3.05, 3.63) is 102 Å². The molecule has 0 radical (unpaired) electrons. The number of carbonyl (C=O) groups is 4. The van der Waals surface area contributed by atoms with E-state index in [2.05, 4.69) is 17.9 Å².